The second kappa shape index (κ2) is 9.85. The van der Waals surface area contributed by atoms with Crippen molar-refractivity contribution in [1.29, 1.82) is 0 Å². The molecule has 3 rings (SSSR count). The van der Waals surface area contributed by atoms with Crippen LogP contribution in [0.5, 0.6) is 11.5 Å². The number of thiazole rings is 1. The van der Waals surface area contributed by atoms with Crippen LogP contribution in [0.25, 0.3) is 10.2 Å². The Morgan fingerprint density at radius 2 is 1.83 bits per heavy atom. The molecule has 0 aliphatic rings. The fourth-order valence-electron chi connectivity index (χ4n) is 2.50. The minimum atomic E-state index is -0.631. The zero-order valence-electron chi connectivity index (χ0n) is 16.0. The highest BCUT2D eigenvalue weighted by Crippen LogP contribution is 2.29. The molecular formula is C20H20N2O6S. The van der Waals surface area contributed by atoms with Gasteiger partial charge in [0.25, 0.3) is 5.91 Å². The van der Waals surface area contributed by atoms with Gasteiger partial charge in [0.05, 0.1) is 31.0 Å². The minimum Gasteiger partial charge on any atom is -0.493 e. The quantitative estimate of drug-likeness (QED) is 0.536. The number of aromatic nitrogens is 1. The van der Waals surface area contributed by atoms with Gasteiger partial charge in [-0.25, -0.2) is 9.78 Å². The Bertz CT molecular complexity index is 971. The van der Waals surface area contributed by atoms with E-state index >= 15 is 0 Å². The van der Waals surface area contributed by atoms with E-state index in [1.54, 1.807) is 18.2 Å². The molecule has 0 atom stereocenters. The number of benzene rings is 2. The van der Waals surface area contributed by atoms with E-state index in [1.807, 2.05) is 24.3 Å². The first kappa shape index (κ1) is 20.6. The number of nitrogens with one attached hydrogen (secondary N) is 1. The second-order valence-electron chi connectivity index (χ2n) is 5.85. The molecule has 0 bridgehead atoms. The van der Waals surface area contributed by atoms with Crippen LogP contribution in [-0.2, 0) is 25.7 Å². The summed E-state index contributed by atoms with van der Waals surface area (Å²) in [6.07, 6.45) is 0. The highest BCUT2D eigenvalue weighted by atomic mass is 32.1. The maximum atomic E-state index is 12.0. The molecule has 1 heterocycles. The lowest BCUT2D eigenvalue weighted by atomic mass is 10.2. The number of methoxy groups -OCH3 is 2. The Labute approximate surface area is 171 Å². The third kappa shape index (κ3) is 5.66. The predicted molar refractivity (Wildman–Crippen MR) is 108 cm³/mol. The average Bonchev–Trinajstić information content (AvgIpc) is 3.15. The number of fused-ring (bicyclic) bond motifs is 1. The zero-order valence-corrected chi connectivity index (χ0v) is 16.8. The van der Waals surface area contributed by atoms with Crippen molar-refractivity contribution in [2.24, 2.45) is 0 Å². The van der Waals surface area contributed by atoms with Gasteiger partial charge in [-0.3, -0.25) is 4.79 Å². The summed E-state index contributed by atoms with van der Waals surface area (Å²) in [6.45, 7) is -0.483. The number of amides is 1. The highest BCUT2D eigenvalue weighted by Gasteiger charge is 2.11. The van der Waals surface area contributed by atoms with Crippen molar-refractivity contribution >= 4 is 39.1 Å². The molecule has 2 aromatic carbocycles. The maximum absolute atomic E-state index is 12.0. The number of esters is 1. The van der Waals surface area contributed by atoms with Crippen LogP contribution in [0.1, 0.15) is 5.01 Å². The molecule has 8 nitrogen and oxygen atoms in total. The first-order chi connectivity index (χ1) is 14.1. The maximum Gasteiger partial charge on any atom is 0.332 e. The first-order valence-electron chi connectivity index (χ1n) is 8.68. The molecule has 3 aromatic rings. The third-order valence-corrected chi connectivity index (χ3v) is 4.83. The van der Waals surface area contributed by atoms with E-state index in [1.165, 1.54) is 25.6 Å². The van der Waals surface area contributed by atoms with Gasteiger partial charge in [-0.15, -0.1) is 11.3 Å². The number of anilines is 1. The summed E-state index contributed by atoms with van der Waals surface area (Å²) in [5.41, 5.74) is 1.39. The van der Waals surface area contributed by atoms with E-state index in [-0.39, 0.29) is 13.2 Å². The smallest absolute Gasteiger partial charge is 0.332 e. The van der Waals surface area contributed by atoms with Crippen LogP contribution in [0.2, 0.25) is 0 Å². The standard InChI is InChI=1S/C20H20N2O6S/c1-25-15-8-7-13(9-16(15)26-2)21-18(23)10-28-20(24)12-27-11-19-22-14-5-3-4-6-17(14)29-19/h3-9H,10-12H2,1-2H3,(H,21,23). The average molecular weight is 416 g/mol. The summed E-state index contributed by atoms with van der Waals surface area (Å²) in [5.74, 6) is -0.0851. The van der Waals surface area contributed by atoms with Gasteiger partial charge in [-0.1, -0.05) is 12.1 Å². The number of rotatable bonds is 9. The largest absolute Gasteiger partial charge is 0.493 e. The van der Waals surface area contributed by atoms with Crippen LogP contribution in [-0.4, -0.2) is 44.3 Å². The van der Waals surface area contributed by atoms with Crippen molar-refractivity contribution in [2.75, 3.05) is 32.8 Å². The molecule has 29 heavy (non-hydrogen) atoms. The van der Waals surface area contributed by atoms with Gasteiger partial charge in [-0.2, -0.15) is 0 Å². The highest BCUT2D eigenvalue weighted by molar-refractivity contribution is 7.18. The van der Waals surface area contributed by atoms with Gasteiger partial charge in [0.2, 0.25) is 0 Å². The SMILES string of the molecule is COc1ccc(NC(=O)COC(=O)COCc2nc3ccccc3s2)cc1OC. The molecule has 0 saturated heterocycles. The van der Waals surface area contributed by atoms with Crippen molar-refractivity contribution in [3.05, 3.63) is 47.5 Å². The Kier molecular flexibility index (Phi) is 6.99. The number of para-hydroxylation sites is 1. The number of ether oxygens (including phenoxy) is 4. The van der Waals surface area contributed by atoms with E-state index in [9.17, 15) is 9.59 Å². The number of hydrogen-bond acceptors (Lipinski definition) is 8. The van der Waals surface area contributed by atoms with Crippen molar-refractivity contribution in [3.63, 3.8) is 0 Å². The fraction of sp³-hybridized carbons (Fsp3) is 0.250. The number of hydrogen-bond donors (Lipinski definition) is 1. The van der Waals surface area contributed by atoms with Crippen molar-refractivity contribution in [1.82, 2.24) is 4.98 Å². The van der Waals surface area contributed by atoms with Crippen LogP contribution in [0.3, 0.4) is 0 Å². The summed E-state index contributed by atoms with van der Waals surface area (Å²) in [6, 6.07) is 12.7. The lowest BCUT2D eigenvalue weighted by Crippen LogP contribution is -2.22. The van der Waals surface area contributed by atoms with Crippen LogP contribution in [0.15, 0.2) is 42.5 Å². The molecule has 1 N–H and O–H groups in total. The van der Waals surface area contributed by atoms with Gasteiger partial charge in [0.15, 0.2) is 18.1 Å². The molecule has 0 fully saturated rings. The molecule has 0 aliphatic carbocycles. The van der Waals surface area contributed by atoms with Gasteiger partial charge in [-0.05, 0) is 24.3 Å². The third-order valence-electron chi connectivity index (χ3n) is 3.82. The van der Waals surface area contributed by atoms with Crippen molar-refractivity contribution in [3.8, 4) is 11.5 Å². The molecule has 152 valence electrons. The van der Waals surface area contributed by atoms with E-state index in [2.05, 4.69) is 10.3 Å². The van der Waals surface area contributed by atoms with Gasteiger partial charge >= 0.3 is 5.97 Å². The summed E-state index contributed by atoms with van der Waals surface area (Å²) in [7, 11) is 3.02. The van der Waals surface area contributed by atoms with Gasteiger partial charge in [0.1, 0.15) is 11.6 Å². The number of nitrogens with zero attached hydrogens (tertiary/aromatic N) is 1. The summed E-state index contributed by atoms with van der Waals surface area (Å²) >= 11 is 1.50. The van der Waals surface area contributed by atoms with E-state index in [0.29, 0.717) is 17.2 Å². The second-order valence-corrected chi connectivity index (χ2v) is 6.96. The number of carbonyl (C=O) groups is 2. The molecule has 9 heteroatoms. The Morgan fingerprint density at radius 1 is 1.03 bits per heavy atom. The molecule has 1 amide bonds. The Hall–Kier alpha value is -3.17. The molecule has 0 unspecified atom stereocenters. The predicted octanol–water partition coefficient (Wildman–Crippen LogP) is 3.01. The number of carbonyl (C=O) groups excluding carboxylic acids is 2. The molecule has 0 radical (unpaired) electrons. The fourth-order valence-corrected chi connectivity index (χ4v) is 3.41. The van der Waals surface area contributed by atoms with Crippen LogP contribution in [0, 0.1) is 0 Å². The minimum absolute atomic E-state index is 0.201. The molecule has 0 aliphatic heterocycles. The molecule has 0 spiro atoms. The lowest BCUT2D eigenvalue weighted by molar-refractivity contribution is -0.152. The van der Waals surface area contributed by atoms with Gasteiger partial charge < -0.3 is 24.3 Å². The van der Waals surface area contributed by atoms with Crippen molar-refractivity contribution < 1.29 is 28.5 Å². The van der Waals surface area contributed by atoms with E-state index < -0.39 is 18.5 Å². The van der Waals surface area contributed by atoms with Crippen LogP contribution in [0.4, 0.5) is 5.69 Å². The summed E-state index contributed by atoms with van der Waals surface area (Å²) in [5, 5.41) is 3.39. The van der Waals surface area contributed by atoms with Gasteiger partial charge in [0, 0.05) is 11.8 Å². The van der Waals surface area contributed by atoms with E-state index in [4.69, 9.17) is 18.9 Å². The Balaban J connectivity index is 1.40. The normalized spacial score (nSPS) is 10.6. The van der Waals surface area contributed by atoms with E-state index in [0.717, 1.165) is 15.2 Å². The molecule has 1 aromatic heterocycles. The zero-order chi connectivity index (χ0) is 20.6. The lowest BCUT2D eigenvalue weighted by Gasteiger charge is -2.10. The first-order valence-corrected chi connectivity index (χ1v) is 9.50. The molecular weight excluding hydrogens is 396 g/mol. The topological polar surface area (TPSA) is 96.0 Å². The molecule has 0 saturated carbocycles. The Morgan fingerprint density at radius 3 is 2.59 bits per heavy atom. The summed E-state index contributed by atoms with van der Waals surface area (Å²) < 4.78 is 21.6. The monoisotopic (exact) mass is 416 g/mol. The van der Waals surface area contributed by atoms with Crippen LogP contribution >= 0.6 is 11.3 Å². The van der Waals surface area contributed by atoms with Crippen molar-refractivity contribution in [2.45, 2.75) is 6.61 Å². The van der Waals surface area contributed by atoms with Crippen LogP contribution < -0.4 is 14.8 Å². The summed E-state index contributed by atoms with van der Waals surface area (Å²) in [4.78, 5) is 28.1.